The summed E-state index contributed by atoms with van der Waals surface area (Å²) in [5.74, 6) is 0.0224. The predicted molar refractivity (Wildman–Crippen MR) is 78.6 cm³/mol. The SMILES string of the molecule is CC1CCC(C(=O)NCCc2c[nH]c3ccccc23)O1. The average Bonchev–Trinajstić information content (AvgIpc) is 3.06. The maximum absolute atomic E-state index is 11.9. The molecule has 1 fully saturated rings. The number of aromatic nitrogens is 1. The van der Waals surface area contributed by atoms with Crippen LogP contribution < -0.4 is 5.32 Å². The standard InChI is InChI=1S/C16H20N2O2/c1-11-6-7-15(20-11)16(19)17-9-8-12-10-18-14-5-3-2-4-13(12)14/h2-5,10-11,15,18H,6-9H2,1H3,(H,17,19). The maximum atomic E-state index is 11.9. The Labute approximate surface area is 118 Å². The van der Waals surface area contributed by atoms with Gasteiger partial charge in [0.15, 0.2) is 0 Å². The number of amides is 1. The molecule has 2 unspecified atom stereocenters. The summed E-state index contributed by atoms with van der Waals surface area (Å²) in [6, 6.07) is 8.21. The van der Waals surface area contributed by atoms with Crippen molar-refractivity contribution in [2.24, 2.45) is 0 Å². The zero-order valence-electron chi connectivity index (χ0n) is 11.7. The van der Waals surface area contributed by atoms with E-state index in [9.17, 15) is 4.79 Å². The third-order valence-electron chi connectivity index (χ3n) is 3.89. The number of ether oxygens (including phenoxy) is 1. The number of hydrogen-bond donors (Lipinski definition) is 2. The molecular formula is C16H20N2O2. The topological polar surface area (TPSA) is 54.1 Å². The minimum absolute atomic E-state index is 0.0224. The molecule has 4 heteroatoms. The van der Waals surface area contributed by atoms with E-state index in [1.165, 1.54) is 10.9 Å². The van der Waals surface area contributed by atoms with Gasteiger partial charge in [-0.05, 0) is 37.8 Å². The lowest BCUT2D eigenvalue weighted by Crippen LogP contribution is -2.35. The molecule has 0 saturated carbocycles. The number of para-hydroxylation sites is 1. The van der Waals surface area contributed by atoms with Gasteiger partial charge >= 0.3 is 0 Å². The van der Waals surface area contributed by atoms with Gasteiger partial charge in [-0.15, -0.1) is 0 Å². The molecule has 1 aromatic carbocycles. The van der Waals surface area contributed by atoms with E-state index in [2.05, 4.69) is 22.4 Å². The predicted octanol–water partition coefficient (Wildman–Crippen LogP) is 2.39. The highest BCUT2D eigenvalue weighted by atomic mass is 16.5. The number of carbonyl (C=O) groups is 1. The number of hydrogen-bond acceptors (Lipinski definition) is 2. The molecule has 2 aromatic rings. The molecule has 0 aliphatic carbocycles. The molecule has 1 aliphatic heterocycles. The third-order valence-corrected chi connectivity index (χ3v) is 3.89. The highest BCUT2D eigenvalue weighted by Gasteiger charge is 2.27. The summed E-state index contributed by atoms with van der Waals surface area (Å²) in [5, 5.41) is 4.20. The van der Waals surface area contributed by atoms with Gasteiger partial charge in [0.2, 0.25) is 5.91 Å². The van der Waals surface area contributed by atoms with Crippen LogP contribution in [0.25, 0.3) is 10.9 Å². The van der Waals surface area contributed by atoms with Crippen molar-refractivity contribution in [3.8, 4) is 0 Å². The monoisotopic (exact) mass is 272 g/mol. The lowest BCUT2D eigenvalue weighted by Gasteiger charge is -2.11. The molecule has 0 radical (unpaired) electrons. The summed E-state index contributed by atoms with van der Waals surface area (Å²) < 4.78 is 5.56. The Morgan fingerprint density at radius 3 is 3.05 bits per heavy atom. The second kappa shape index (κ2) is 5.67. The van der Waals surface area contributed by atoms with Gasteiger partial charge in [-0.2, -0.15) is 0 Å². The molecule has 1 amide bonds. The number of nitrogens with one attached hydrogen (secondary N) is 2. The van der Waals surface area contributed by atoms with Crippen molar-refractivity contribution in [3.05, 3.63) is 36.0 Å². The van der Waals surface area contributed by atoms with Gasteiger partial charge in [-0.1, -0.05) is 18.2 Å². The van der Waals surface area contributed by atoms with Crippen LogP contribution in [0.3, 0.4) is 0 Å². The first-order valence-electron chi connectivity index (χ1n) is 7.22. The van der Waals surface area contributed by atoms with E-state index in [1.807, 2.05) is 25.3 Å². The lowest BCUT2D eigenvalue weighted by atomic mass is 10.1. The van der Waals surface area contributed by atoms with Crippen molar-refractivity contribution in [3.63, 3.8) is 0 Å². The Bertz CT molecular complexity index is 605. The molecule has 1 aliphatic rings. The van der Waals surface area contributed by atoms with Crippen LogP contribution in [0.15, 0.2) is 30.5 Å². The molecule has 106 valence electrons. The van der Waals surface area contributed by atoms with Crippen molar-refractivity contribution < 1.29 is 9.53 Å². The van der Waals surface area contributed by atoms with Crippen LogP contribution >= 0.6 is 0 Å². The van der Waals surface area contributed by atoms with Crippen LogP contribution in [-0.4, -0.2) is 29.6 Å². The average molecular weight is 272 g/mol. The summed E-state index contributed by atoms with van der Waals surface area (Å²) in [5.41, 5.74) is 2.38. The van der Waals surface area contributed by atoms with Crippen molar-refractivity contribution in [2.75, 3.05) is 6.54 Å². The Balaban J connectivity index is 1.54. The smallest absolute Gasteiger partial charge is 0.249 e. The first-order valence-corrected chi connectivity index (χ1v) is 7.22. The minimum atomic E-state index is -0.257. The van der Waals surface area contributed by atoms with E-state index in [0.717, 1.165) is 24.8 Å². The lowest BCUT2D eigenvalue weighted by molar-refractivity contribution is -0.131. The molecule has 2 N–H and O–H groups in total. The summed E-state index contributed by atoms with van der Waals surface area (Å²) in [6.07, 6.45) is 4.61. The van der Waals surface area contributed by atoms with Crippen molar-refractivity contribution in [2.45, 2.75) is 38.4 Å². The molecule has 3 rings (SSSR count). The number of H-pyrrole nitrogens is 1. The highest BCUT2D eigenvalue weighted by molar-refractivity contribution is 5.83. The maximum Gasteiger partial charge on any atom is 0.249 e. The van der Waals surface area contributed by atoms with E-state index < -0.39 is 0 Å². The van der Waals surface area contributed by atoms with Gasteiger partial charge in [0, 0.05) is 23.6 Å². The molecule has 0 bridgehead atoms. The van der Waals surface area contributed by atoms with Crippen LogP contribution in [0.5, 0.6) is 0 Å². The first kappa shape index (κ1) is 13.2. The van der Waals surface area contributed by atoms with Gasteiger partial charge in [-0.3, -0.25) is 4.79 Å². The zero-order chi connectivity index (χ0) is 13.9. The van der Waals surface area contributed by atoms with Gasteiger partial charge in [0.05, 0.1) is 6.10 Å². The van der Waals surface area contributed by atoms with E-state index in [0.29, 0.717) is 6.54 Å². The molecule has 1 aromatic heterocycles. The fourth-order valence-corrected chi connectivity index (χ4v) is 2.77. The number of rotatable bonds is 4. The molecular weight excluding hydrogens is 252 g/mol. The summed E-state index contributed by atoms with van der Waals surface area (Å²) in [7, 11) is 0. The normalized spacial score (nSPS) is 22.2. The number of fused-ring (bicyclic) bond motifs is 1. The highest BCUT2D eigenvalue weighted by Crippen LogP contribution is 2.19. The van der Waals surface area contributed by atoms with Gasteiger partial charge in [0.1, 0.15) is 6.10 Å². The molecule has 2 heterocycles. The van der Waals surface area contributed by atoms with Crippen molar-refractivity contribution in [1.82, 2.24) is 10.3 Å². The summed E-state index contributed by atoms with van der Waals surface area (Å²) in [4.78, 5) is 15.2. The van der Waals surface area contributed by atoms with Crippen LogP contribution in [0, 0.1) is 0 Å². The fraction of sp³-hybridized carbons (Fsp3) is 0.438. The molecule has 20 heavy (non-hydrogen) atoms. The fourth-order valence-electron chi connectivity index (χ4n) is 2.77. The molecule has 2 atom stereocenters. The molecule has 1 saturated heterocycles. The van der Waals surface area contributed by atoms with Crippen LogP contribution in [-0.2, 0) is 16.0 Å². The first-order chi connectivity index (χ1) is 9.74. The largest absolute Gasteiger partial charge is 0.365 e. The minimum Gasteiger partial charge on any atom is -0.365 e. The molecule has 0 spiro atoms. The number of benzene rings is 1. The van der Waals surface area contributed by atoms with Crippen LogP contribution in [0.1, 0.15) is 25.3 Å². The Hall–Kier alpha value is -1.81. The van der Waals surface area contributed by atoms with Gasteiger partial charge < -0.3 is 15.0 Å². The Kier molecular flexibility index (Phi) is 3.74. The van der Waals surface area contributed by atoms with E-state index in [1.54, 1.807) is 0 Å². The summed E-state index contributed by atoms with van der Waals surface area (Å²) >= 11 is 0. The van der Waals surface area contributed by atoms with E-state index in [4.69, 9.17) is 4.74 Å². The van der Waals surface area contributed by atoms with E-state index >= 15 is 0 Å². The van der Waals surface area contributed by atoms with Crippen molar-refractivity contribution >= 4 is 16.8 Å². The zero-order valence-corrected chi connectivity index (χ0v) is 11.7. The van der Waals surface area contributed by atoms with Crippen LogP contribution in [0.4, 0.5) is 0 Å². The third kappa shape index (κ3) is 2.70. The Morgan fingerprint density at radius 2 is 2.25 bits per heavy atom. The summed E-state index contributed by atoms with van der Waals surface area (Å²) in [6.45, 7) is 2.66. The second-order valence-electron chi connectivity index (χ2n) is 5.41. The van der Waals surface area contributed by atoms with Crippen LogP contribution in [0.2, 0.25) is 0 Å². The van der Waals surface area contributed by atoms with Gasteiger partial charge in [0.25, 0.3) is 0 Å². The van der Waals surface area contributed by atoms with Gasteiger partial charge in [-0.25, -0.2) is 0 Å². The quantitative estimate of drug-likeness (QED) is 0.898. The molecule has 4 nitrogen and oxygen atoms in total. The Morgan fingerprint density at radius 1 is 1.40 bits per heavy atom. The van der Waals surface area contributed by atoms with Crippen molar-refractivity contribution in [1.29, 1.82) is 0 Å². The van der Waals surface area contributed by atoms with E-state index in [-0.39, 0.29) is 18.1 Å². The second-order valence-corrected chi connectivity index (χ2v) is 5.41. The number of carbonyl (C=O) groups excluding carboxylic acids is 1. The number of aromatic amines is 1.